The Kier molecular flexibility index (Phi) is 2.64. The number of hydrogen-bond acceptors (Lipinski definition) is 4. The number of fused-ring (bicyclic) bond motifs is 1. The molecule has 0 aliphatic rings. The molecule has 0 atom stereocenters. The van der Waals surface area contributed by atoms with Gasteiger partial charge in [0.15, 0.2) is 0 Å². The van der Waals surface area contributed by atoms with Gasteiger partial charge < -0.3 is 5.73 Å². The first kappa shape index (κ1) is 11.6. The third kappa shape index (κ3) is 1.92. The van der Waals surface area contributed by atoms with Crippen molar-refractivity contribution in [3.63, 3.8) is 0 Å². The molecule has 1 amide bonds. The molecule has 0 radical (unpaired) electrons. The van der Waals surface area contributed by atoms with E-state index < -0.39 is 5.91 Å². The summed E-state index contributed by atoms with van der Waals surface area (Å²) in [6.07, 6.45) is 1.62. The van der Waals surface area contributed by atoms with Gasteiger partial charge in [-0.3, -0.25) is 4.79 Å². The predicted molar refractivity (Wildman–Crippen MR) is 70.2 cm³/mol. The molecule has 0 saturated heterocycles. The lowest BCUT2D eigenvalue weighted by molar-refractivity contribution is 0.1000. The van der Waals surface area contributed by atoms with Crippen LogP contribution < -0.4 is 5.73 Å². The Morgan fingerprint density at radius 3 is 2.95 bits per heavy atom. The van der Waals surface area contributed by atoms with Crippen molar-refractivity contribution in [3.8, 4) is 5.69 Å². The molecule has 0 saturated carbocycles. The quantitative estimate of drug-likeness (QED) is 0.768. The summed E-state index contributed by atoms with van der Waals surface area (Å²) in [6.45, 7) is 0. The smallest absolute Gasteiger partial charge is 0.250 e. The van der Waals surface area contributed by atoms with Gasteiger partial charge >= 0.3 is 0 Å². The minimum Gasteiger partial charge on any atom is -0.366 e. The number of rotatable bonds is 2. The number of nitrogens with two attached hydrogens (primary N) is 1. The van der Waals surface area contributed by atoms with Crippen LogP contribution in [-0.2, 0) is 0 Å². The van der Waals surface area contributed by atoms with Gasteiger partial charge in [-0.1, -0.05) is 16.8 Å². The van der Waals surface area contributed by atoms with Crippen LogP contribution >= 0.6 is 11.6 Å². The van der Waals surface area contributed by atoms with Gasteiger partial charge in [0.05, 0.1) is 11.3 Å². The van der Waals surface area contributed by atoms with E-state index in [-0.39, 0.29) is 0 Å². The van der Waals surface area contributed by atoms with E-state index >= 15 is 0 Å². The maximum Gasteiger partial charge on any atom is 0.250 e. The van der Waals surface area contributed by atoms with Crippen LogP contribution in [0, 0.1) is 0 Å². The first-order chi connectivity index (χ1) is 9.16. The van der Waals surface area contributed by atoms with Crippen LogP contribution in [0.15, 0.2) is 36.5 Å². The van der Waals surface area contributed by atoms with Crippen LogP contribution in [0.25, 0.3) is 16.9 Å². The number of amides is 1. The van der Waals surface area contributed by atoms with Crippen molar-refractivity contribution in [2.75, 3.05) is 0 Å². The third-order valence-corrected chi connectivity index (χ3v) is 2.91. The Hall–Kier alpha value is -2.47. The molecule has 6 nitrogen and oxygen atoms in total. The van der Waals surface area contributed by atoms with Gasteiger partial charge in [-0.05, 0) is 30.3 Å². The third-order valence-electron chi connectivity index (χ3n) is 2.68. The van der Waals surface area contributed by atoms with Crippen LogP contribution in [0.5, 0.6) is 0 Å². The highest BCUT2D eigenvalue weighted by molar-refractivity contribution is 6.31. The van der Waals surface area contributed by atoms with Crippen LogP contribution in [-0.4, -0.2) is 25.9 Å². The summed E-state index contributed by atoms with van der Waals surface area (Å²) >= 11 is 5.96. The molecule has 2 aromatic heterocycles. The predicted octanol–water partition coefficient (Wildman–Crippen LogP) is 1.57. The molecule has 7 heteroatoms. The van der Waals surface area contributed by atoms with Crippen LogP contribution in [0.4, 0.5) is 0 Å². The lowest BCUT2D eigenvalue weighted by atomic mass is 10.1. The van der Waals surface area contributed by atoms with Crippen molar-refractivity contribution >= 4 is 28.7 Å². The fourth-order valence-electron chi connectivity index (χ4n) is 1.83. The summed E-state index contributed by atoms with van der Waals surface area (Å²) in [4.78, 5) is 15.5. The van der Waals surface area contributed by atoms with E-state index in [1.165, 1.54) is 4.68 Å². The van der Waals surface area contributed by atoms with Gasteiger partial charge in [0, 0.05) is 11.2 Å². The van der Waals surface area contributed by atoms with Gasteiger partial charge in [-0.2, -0.15) is 0 Å². The van der Waals surface area contributed by atoms with Crippen molar-refractivity contribution < 1.29 is 4.79 Å². The highest BCUT2D eigenvalue weighted by Crippen LogP contribution is 2.22. The van der Waals surface area contributed by atoms with E-state index in [0.717, 1.165) is 0 Å². The maximum atomic E-state index is 11.5. The largest absolute Gasteiger partial charge is 0.366 e. The van der Waals surface area contributed by atoms with E-state index in [0.29, 0.717) is 27.4 Å². The van der Waals surface area contributed by atoms with Crippen LogP contribution in [0.3, 0.4) is 0 Å². The normalized spacial score (nSPS) is 10.8. The van der Waals surface area contributed by atoms with Crippen LogP contribution in [0.1, 0.15) is 10.4 Å². The number of nitrogens with zero attached hydrogens (tertiary/aromatic N) is 4. The van der Waals surface area contributed by atoms with Gasteiger partial charge in [0.1, 0.15) is 5.52 Å². The number of benzene rings is 1. The molecule has 3 aromatic rings. The van der Waals surface area contributed by atoms with Crippen molar-refractivity contribution in [3.05, 3.63) is 47.1 Å². The highest BCUT2D eigenvalue weighted by atomic mass is 35.5. The molecular weight excluding hydrogens is 266 g/mol. The highest BCUT2D eigenvalue weighted by Gasteiger charge is 2.14. The maximum absolute atomic E-state index is 11.5. The molecule has 0 fully saturated rings. The Labute approximate surface area is 112 Å². The minimum absolute atomic E-state index is 0.319. The zero-order chi connectivity index (χ0) is 13.4. The summed E-state index contributed by atoms with van der Waals surface area (Å²) < 4.78 is 1.49. The summed E-state index contributed by atoms with van der Waals surface area (Å²) in [6, 6.07) is 8.33. The van der Waals surface area contributed by atoms with Crippen molar-refractivity contribution in [2.45, 2.75) is 0 Å². The second-order valence-corrected chi connectivity index (χ2v) is 4.31. The Balaban J connectivity index is 2.32. The van der Waals surface area contributed by atoms with Crippen LogP contribution in [0.2, 0.25) is 5.02 Å². The summed E-state index contributed by atoms with van der Waals surface area (Å²) in [5, 5.41) is 8.40. The van der Waals surface area contributed by atoms with Crippen molar-refractivity contribution in [1.82, 2.24) is 20.0 Å². The topological polar surface area (TPSA) is 86.7 Å². The number of aromatic nitrogens is 4. The Morgan fingerprint density at radius 2 is 2.16 bits per heavy atom. The Bertz CT molecular complexity index is 783. The molecule has 19 heavy (non-hydrogen) atoms. The average molecular weight is 274 g/mol. The summed E-state index contributed by atoms with van der Waals surface area (Å²) in [7, 11) is 0. The second kappa shape index (κ2) is 4.33. The lowest BCUT2D eigenvalue weighted by Gasteiger charge is -2.07. The summed E-state index contributed by atoms with van der Waals surface area (Å²) in [5.74, 6) is -0.556. The molecule has 3 rings (SSSR count). The zero-order valence-corrected chi connectivity index (χ0v) is 10.4. The molecule has 1 aromatic carbocycles. The molecule has 0 unspecified atom stereocenters. The average Bonchev–Trinajstić information content (AvgIpc) is 2.82. The zero-order valence-electron chi connectivity index (χ0n) is 9.62. The molecule has 94 valence electrons. The first-order valence-electron chi connectivity index (χ1n) is 5.43. The molecule has 0 bridgehead atoms. The first-order valence-corrected chi connectivity index (χ1v) is 5.81. The molecular formula is C12H8ClN5O. The monoisotopic (exact) mass is 273 g/mol. The van der Waals surface area contributed by atoms with Crippen molar-refractivity contribution in [1.29, 1.82) is 0 Å². The minimum atomic E-state index is -0.556. The number of carbonyl (C=O) groups is 1. The number of halogens is 1. The molecule has 0 aliphatic heterocycles. The van der Waals surface area contributed by atoms with E-state index in [4.69, 9.17) is 17.3 Å². The van der Waals surface area contributed by atoms with Gasteiger partial charge in [-0.25, -0.2) is 9.67 Å². The number of pyridine rings is 1. The standard InChI is InChI=1S/C12H8ClN5O/c13-7-3-4-8(11(14)19)10(6-7)18-9-2-1-5-15-12(9)16-17-18/h1-6H,(H2,14,19). The van der Waals surface area contributed by atoms with Gasteiger partial charge in [-0.15, -0.1) is 5.10 Å². The Morgan fingerprint density at radius 1 is 1.32 bits per heavy atom. The molecule has 2 N–H and O–H groups in total. The lowest BCUT2D eigenvalue weighted by Crippen LogP contribution is -2.15. The number of primary amides is 1. The van der Waals surface area contributed by atoms with E-state index in [1.54, 1.807) is 36.5 Å². The fourth-order valence-corrected chi connectivity index (χ4v) is 2.00. The molecule has 0 spiro atoms. The van der Waals surface area contributed by atoms with E-state index in [2.05, 4.69) is 15.3 Å². The summed E-state index contributed by atoms with van der Waals surface area (Å²) in [5.41, 5.74) is 7.31. The van der Waals surface area contributed by atoms with Crippen molar-refractivity contribution in [2.24, 2.45) is 5.73 Å². The fraction of sp³-hybridized carbons (Fsp3) is 0. The van der Waals surface area contributed by atoms with E-state index in [1.807, 2.05) is 0 Å². The number of hydrogen-bond donors (Lipinski definition) is 1. The second-order valence-electron chi connectivity index (χ2n) is 3.87. The van der Waals surface area contributed by atoms with E-state index in [9.17, 15) is 4.79 Å². The molecule has 0 aliphatic carbocycles. The number of carbonyl (C=O) groups excluding carboxylic acids is 1. The van der Waals surface area contributed by atoms with Gasteiger partial charge in [0.25, 0.3) is 5.91 Å². The van der Waals surface area contributed by atoms with Gasteiger partial charge in [0.2, 0.25) is 5.65 Å². The SMILES string of the molecule is NC(=O)c1ccc(Cl)cc1-n1nnc2ncccc21. The molecule has 2 heterocycles.